The zero-order chi connectivity index (χ0) is 12.8. The van der Waals surface area contributed by atoms with E-state index in [1.165, 1.54) is 25.3 Å². The lowest BCUT2D eigenvalue weighted by atomic mass is 10.2. The molecular weight excluding hydrogens is 222 g/mol. The average molecular weight is 235 g/mol. The second-order valence-electron chi connectivity index (χ2n) is 3.31. The van der Waals surface area contributed by atoms with Gasteiger partial charge in [0, 0.05) is 0 Å². The van der Waals surface area contributed by atoms with Crippen molar-refractivity contribution in [2.24, 2.45) is 0 Å². The van der Waals surface area contributed by atoms with Gasteiger partial charge in [-0.15, -0.1) is 0 Å². The molecule has 1 aromatic rings. The highest BCUT2D eigenvalue weighted by Gasteiger charge is 2.13. The first kappa shape index (κ1) is 12.8. The number of benzene rings is 1. The van der Waals surface area contributed by atoms with E-state index in [4.69, 9.17) is 19.8 Å². The van der Waals surface area contributed by atoms with Gasteiger partial charge in [-0.2, -0.15) is 5.26 Å². The molecule has 17 heavy (non-hydrogen) atoms. The number of aromatic carboxylic acids is 1. The molecule has 1 atom stereocenters. The standard InChI is InChI=1S/C12H13NO4/c1-3-9(7-13)17-11-6-8(12(14)15)4-5-10(11)16-2/h4-6,9H,3H2,1-2H3,(H,14,15). The number of carboxylic acids is 1. The summed E-state index contributed by atoms with van der Waals surface area (Å²) in [5.41, 5.74) is 0.0913. The van der Waals surface area contributed by atoms with Gasteiger partial charge in [-0.3, -0.25) is 0 Å². The van der Waals surface area contributed by atoms with E-state index in [9.17, 15) is 4.79 Å². The molecule has 1 rings (SSSR count). The zero-order valence-corrected chi connectivity index (χ0v) is 9.64. The van der Waals surface area contributed by atoms with Crippen molar-refractivity contribution >= 4 is 5.97 Å². The largest absolute Gasteiger partial charge is 0.493 e. The van der Waals surface area contributed by atoms with Gasteiger partial charge in [-0.05, 0) is 24.6 Å². The molecule has 0 radical (unpaired) electrons. The van der Waals surface area contributed by atoms with Crippen molar-refractivity contribution in [2.75, 3.05) is 7.11 Å². The highest BCUT2D eigenvalue weighted by atomic mass is 16.5. The third-order valence-electron chi connectivity index (χ3n) is 2.19. The van der Waals surface area contributed by atoms with Crippen LogP contribution in [0.15, 0.2) is 18.2 Å². The molecule has 0 aliphatic rings. The summed E-state index contributed by atoms with van der Waals surface area (Å²) >= 11 is 0. The Morgan fingerprint density at radius 2 is 2.24 bits per heavy atom. The van der Waals surface area contributed by atoms with Gasteiger partial charge >= 0.3 is 5.97 Å². The SMILES string of the molecule is CCC(C#N)Oc1cc(C(=O)O)ccc1OC. The first-order chi connectivity index (χ1) is 8.12. The van der Waals surface area contributed by atoms with Gasteiger partial charge in [0.15, 0.2) is 17.6 Å². The molecule has 5 nitrogen and oxygen atoms in total. The van der Waals surface area contributed by atoms with Crippen LogP contribution in [0.1, 0.15) is 23.7 Å². The fourth-order valence-corrected chi connectivity index (χ4v) is 1.26. The van der Waals surface area contributed by atoms with Gasteiger partial charge in [-0.1, -0.05) is 6.92 Å². The molecule has 1 N–H and O–H groups in total. The van der Waals surface area contributed by atoms with Crippen molar-refractivity contribution < 1.29 is 19.4 Å². The lowest BCUT2D eigenvalue weighted by molar-refractivity contribution is 0.0696. The Kier molecular flexibility index (Phi) is 4.35. The van der Waals surface area contributed by atoms with Crippen LogP contribution in [0.5, 0.6) is 11.5 Å². The molecule has 0 spiro atoms. The molecule has 0 aromatic heterocycles. The first-order valence-corrected chi connectivity index (χ1v) is 5.10. The number of methoxy groups -OCH3 is 1. The van der Waals surface area contributed by atoms with E-state index < -0.39 is 12.1 Å². The van der Waals surface area contributed by atoms with Crippen LogP contribution in [0.25, 0.3) is 0 Å². The maximum atomic E-state index is 10.8. The predicted octanol–water partition coefficient (Wildman–Crippen LogP) is 2.07. The molecule has 0 aliphatic carbocycles. The van der Waals surface area contributed by atoms with Crippen molar-refractivity contribution in [1.29, 1.82) is 5.26 Å². The van der Waals surface area contributed by atoms with Crippen molar-refractivity contribution in [3.05, 3.63) is 23.8 Å². The van der Waals surface area contributed by atoms with Crippen molar-refractivity contribution in [1.82, 2.24) is 0 Å². The van der Waals surface area contributed by atoms with E-state index in [0.717, 1.165) is 0 Å². The van der Waals surface area contributed by atoms with Gasteiger partial charge < -0.3 is 14.6 Å². The Labute approximate surface area is 99.2 Å². The van der Waals surface area contributed by atoms with Gasteiger partial charge in [0.05, 0.1) is 12.7 Å². The van der Waals surface area contributed by atoms with Crippen LogP contribution in [0.3, 0.4) is 0 Å². The van der Waals surface area contributed by atoms with Crippen LogP contribution in [-0.2, 0) is 0 Å². The minimum atomic E-state index is -1.05. The van der Waals surface area contributed by atoms with Gasteiger partial charge in [-0.25, -0.2) is 4.79 Å². The minimum Gasteiger partial charge on any atom is -0.493 e. The topological polar surface area (TPSA) is 79.5 Å². The Morgan fingerprint density at radius 3 is 2.71 bits per heavy atom. The quantitative estimate of drug-likeness (QED) is 0.845. The van der Waals surface area contributed by atoms with Gasteiger partial charge in [0.2, 0.25) is 0 Å². The molecule has 0 aliphatic heterocycles. The molecule has 0 amide bonds. The molecule has 0 heterocycles. The number of carboxylic acid groups (broad SMARTS) is 1. The molecule has 0 saturated carbocycles. The summed E-state index contributed by atoms with van der Waals surface area (Å²) in [6, 6.07) is 6.24. The third-order valence-corrected chi connectivity index (χ3v) is 2.19. The van der Waals surface area contributed by atoms with Crippen LogP contribution < -0.4 is 9.47 Å². The van der Waals surface area contributed by atoms with Crippen LogP contribution in [0.2, 0.25) is 0 Å². The maximum absolute atomic E-state index is 10.8. The molecule has 1 aromatic carbocycles. The minimum absolute atomic E-state index is 0.0913. The van der Waals surface area contributed by atoms with Crippen molar-refractivity contribution in [3.63, 3.8) is 0 Å². The maximum Gasteiger partial charge on any atom is 0.335 e. The monoisotopic (exact) mass is 235 g/mol. The summed E-state index contributed by atoms with van der Waals surface area (Å²) in [7, 11) is 1.45. The summed E-state index contributed by atoms with van der Waals surface area (Å²) in [5, 5.41) is 17.7. The number of hydrogen-bond donors (Lipinski definition) is 1. The molecule has 90 valence electrons. The highest BCUT2D eigenvalue weighted by molar-refractivity contribution is 5.88. The van der Waals surface area contributed by atoms with E-state index in [2.05, 4.69) is 0 Å². The van der Waals surface area contributed by atoms with Crippen LogP contribution in [-0.4, -0.2) is 24.3 Å². The number of nitrogens with zero attached hydrogens (tertiary/aromatic N) is 1. The molecule has 0 bridgehead atoms. The molecule has 5 heteroatoms. The van der Waals surface area contributed by atoms with E-state index in [1.807, 2.05) is 6.07 Å². The van der Waals surface area contributed by atoms with Crippen LogP contribution >= 0.6 is 0 Å². The summed E-state index contributed by atoms with van der Waals surface area (Å²) in [4.78, 5) is 10.8. The smallest absolute Gasteiger partial charge is 0.335 e. The predicted molar refractivity (Wildman–Crippen MR) is 60.3 cm³/mol. The summed E-state index contributed by atoms with van der Waals surface area (Å²) in [6.45, 7) is 1.81. The lowest BCUT2D eigenvalue weighted by Crippen LogP contribution is -2.13. The number of nitriles is 1. The Hall–Kier alpha value is -2.22. The molecule has 1 unspecified atom stereocenters. The molecule has 0 fully saturated rings. The number of rotatable bonds is 5. The Bertz CT molecular complexity index is 450. The second kappa shape index (κ2) is 5.75. The van der Waals surface area contributed by atoms with Gasteiger partial charge in [0.25, 0.3) is 0 Å². The summed E-state index contributed by atoms with van der Waals surface area (Å²) in [5.74, 6) is -0.382. The first-order valence-electron chi connectivity index (χ1n) is 5.10. The Morgan fingerprint density at radius 1 is 1.53 bits per heavy atom. The van der Waals surface area contributed by atoms with E-state index in [-0.39, 0.29) is 11.3 Å². The highest BCUT2D eigenvalue weighted by Crippen LogP contribution is 2.29. The Balaban J connectivity index is 3.06. The number of carbonyl (C=O) groups is 1. The average Bonchev–Trinajstić information content (AvgIpc) is 2.35. The van der Waals surface area contributed by atoms with Crippen molar-refractivity contribution in [3.8, 4) is 17.6 Å². The van der Waals surface area contributed by atoms with E-state index >= 15 is 0 Å². The second-order valence-corrected chi connectivity index (χ2v) is 3.31. The van der Waals surface area contributed by atoms with Crippen LogP contribution in [0, 0.1) is 11.3 Å². The summed E-state index contributed by atoms with van der Waals surface area (Å²) < 4.78 is 10.4. The van der Waals surface area contributed by atoms with Gasteiger partial charge in [0.1, 0.15) is 6.07 Å². The van der Waals surface area contributed by atoms with Crippen LogP contribution in [0.4, 0.5) is 0 Å². The number of ether oxygens (including phenoxy) is 2. The fourth-order valence-electron chi connectivity index (χ4n) is 1.26. The van der Waals surface area contributed by atoms with Crippen molar-refractivity contribution in [2.45, 2.75) is 19.4 Å². The summed E-state index contributed by atoms with van der Waals surface area (Å²) in [6.07, 6.45) is -0.107. The number of hydrogen-bond acceptors (Lipinski definition) is 4. The van der Waals surface area contributed by atoms with E-state index in [0.29, 0.717) is 12.2 Å². The lowest BCUT2D eigenvalue weighted by Gasteiger charge is -2.14. The zero-order valence-electron chi connectivity index (χ0n) is 9.64. The third kappa shape index (κ3) is 3.11. The normalized spacial score (nSPS) is 11.4. The molecule has 0 saturated heterocycles. The fraction of sp³-hybridized carbons (Fsp3) is 0.333. The molecular formula is C12H13NO4. The van der Waals surface area contributed by atoms with E-state index in [1.54, 1.807) is 6.92 Å².